The van der Waals surface area contributed by atoms with Gasteiger partial charge in [0.15, 0.2) is 0 Å². The van der Waals surface area contributed by atoms with E-state index in [1.807, 2.05) is 0 Å². The zero-order valence-corrected chi connectivity index (χ0v) is 13.5. The van der Waals surface area contributed by atoms with E-state index in [9.17, 15) is 0 Å². The number of anilines is 1. The maximum Gasteiger partial charge on any atom is 0.132 e. The Morgan fingerprint density at radius 2 is 1.95 bits per heavy atom. The monoisotopic (exact) mass is 291 g/mol. The molecule has 2 rings (SSSR count). The zero-order valence-electron chi connectivity index (χ0n) is 13.5. The van der Waals surface area contributed by atoms with Gasteiger partial charge in [0.2, 0.25) is 0 Å². The molecule has 0 amide bonds. The van der Waals surface area contributed by atoms with Crippen molar-refractivity contribution in [1.29, 1.82) is 0 Å². The summed E-state index contributed by atoms with van der Waals surface area (Å²) in [7, 11) is 0. The number of aromatic nitrogens is 2. The first-order valence-electron chi connectivity index (χ1n) is 8.28. The van der Waals surface area contributed by atoms with Gasteiger partial charge in [-0.05, 0) is 25.8 Å². The Hall–Kier alpha value is -1.20. The van der Waals surface area contributed by atoms with Crippen LogP contribution in [0.2, 0.25) is 0 Å². The Morgan fingerprint density at radius 3 is 2.57 bits per heavy atom. The molecule has 1 aliphatic heterocycles. The van der Waals surface area contributed by atoms with E-state index in [0.29, 0.717) is 6.04 Å². The van der Waals surface area contributed by atoms with Gasteiger partial charge in [0.05, 0.1) is 0 Å². The number of hydrogen-bond acceptors (Lipinski definition) is 5. The van der Waals surface area contributed by atoms with Crippen LogP contribution in [0.1, 0.15) is 38.8 Å². The summed E-state index contributed by atoms with van der Waals surface area (Å²) in [4.78, 5) is 13.8. The highest BCUT2D eigenvalue weighted by atomic mass is 15.3. The van der Waals surface area contributed by atoms with Crippen LogP contribution >= 0.6 is 0 Å². The van der Waals surface area contributed by atoms with E-state index in [2.05, 4.69) is 39.7 Å². The quantitative estimate of drug-likeness (QED) is 0.828. The Kier molecular flexibility index (Phi) is 6.39. The third kappa shape index (κ3) is 4.38. The van der Waals surface area contributed by atoms with Gasteiger partial charge in [-0.1, -0.05) is 20.3 Å². The minimum Gasteiger partial charge on any atom is -0.354 e. The van der Waals surface area contributed by atoms with Crippen LogP contribution in [0.25, 0.3) is 0 Å². The van der Waals surface area contributed by atoms with Crippen LogP contribution < -0.4 is 10.6 Å². The van der Waals surface area contributed by atoms with Crippen molar-refractivity contribution in [3.63, 3.8) is 0 Å². The normalized spacial score (nSPS) is 18.0. The first-order chi connectivity index (χ1) is 10.3. The van der Waals surface area contributed by atoms with Gasteiger partial charge in [0.1, 0.15) is 12.1 Å². The first-order valence-corrected chi connectivity index (χ1v) is 8.28. The van der Waals surface area contributed by atoms with Crippen molar-refractivity contribution < 1.29 is 0 Å². The molecule has 5 nitrogen and oxygen atoms in total. The molecule has 1 unspecified atom stereocenters. The highest BCUT2D eigenvalue weighted by Gasteiger charge is 2.23. The molecule has 1 saturated heterocycles. The number of rotatable bonds is 7. The Balaban J connectivity index is 1.92. The average molecular weight is 291 g/mol. The number of piperazine rings is 1. The number of nitrogens with two attached hydrogens (primary N) is 1. The number of aryl methyl sites for hydroxylation is 1. The molecule has 0 bridgehead atoms. The molecule has 0 aromatic carbocycles. The lowest BCUT2D eigenvalue weighted by Crippen LogP contribution is -2.51. The van der Waals surface area contributed by atoms with Gasteiger partial charge in [0, 0.05) is 44.0 Å². The molecule has 0 radical (unpaired) electrons. The molecule has 118 valence electrons. The van der Waals surface area contributed by atoms with Crippen molar-refractivity contribution in [3.8, 4) is 0 Å². The minimum absolute atomic E-state index is 0.637. The van der Waals surface area contributed by atoms with E-state index in [-0.39, 0.29) is 0 Å². The molecule has 2 heterocycles. The van der Waals surface area contributed by atoms with Crippen molar-refractivity contribution in [2.75, 3.05) is 37.6 Å². The van der Waals surface area contributed by atoms with Gasteiger partial charge in [0.25, 0.3) is 0 Å². The van der Waals surface area contributed by atoms with E-state index in [1.165, 1.54) is 6.42 Å². The van der Waals surface area contributed by atoms with Crippen LogP contribution in [0.5, 0.6) is 0 Å². The Labute approximate surface area is 128 Å². The van der Waals surface area contributed by atoms with Gasteiger partial charge < -0.3 is 10.6 Å². The standard InChI is InChI=1S/C16H29N5/c1-3-5-14-12-16(19-13-18-14)21-10-8-20(9-11-21)15(4-2)6-7-17/h12-13,15H,3-11,17H2,1-2H3. The molecule has 1 atom stereocenters. The molecule has 1 aliphatic rings. The predicted molar refractivity (Wildman–Crippen MR) is 87.6 cm³/mol. The maximum absolute atomic E-state index is 5.72. The van der Waals surface area contributed by atoms with Crippen molar-refractivity contribution in [3.05, 3.63) is 18.1 Å². The summed E-state index contributed by atoms with van der Waals surface area (Å²) in [6, 6.07) is 2.79. The van der Waals surface area contributed by atoms with E-state index in [1.54, 1.807) is 6.33 Å². The van der Waals surface area contributed by atoms with Crippen LogP contribution in [-0.4, -0.2) is 53.6 Å². The van der Waals surface area contributed by atoms with Crippen molar-refractivity contribution in [2.24, 2.45) is 5.73 Å². The second-order valence-corrected chi connectivity index (χ2v) is 5.78. The second kappa shape index (κ2) is 8.29. The molecule has 1 aromatic rings. The summed E-state index contributed by atoms with van der Waals surface area (Å²) >= 11 is 0. The average Bonchev–Trinajstić information content (AvgIpc) is 2.53. The number of hydrogen-bond donors (Lipinski definition) is 1. The minimum atomic E-state index is 0.637. The summed E-state index contributed by atoms with van der Waals surface area (Å²) in [6.07, 6.45) is 6.15. The molecule has 0 saturated carbocycles. The molecule has 5 heteroatoms. The summed E-state index contributed by atoms with van der Waals surface area (Å²) < 4.78 is 0. The molecular formula is C16H29N5. The molecular weight excluding hydrogens is 262 g/mol. The van der Waals surface area contributed by atoms with Crippen LogP contribution in [-0.2, 0) is 6.42 Å². The molecule has 1 fully saturated rings. The van der Waals surface area contributed by atoms with Gasteiger partial charge in [-0.2, -0.15) is 0 Å². The van der Waals surface area contributed by atoms with Crippen LogP contribution in [0.15, 0.2) is 12.4 Å². The van der Waals surface area contributed by atoms with Gasteiger partial charge in [-0.25, -0.2) is 9.97 Å². The van der Waals surface area contributed by atoms with E-state index in [0.717, 1.165) is 63.5 Å². The highest BCUT2D eigenvalue weighted by Crippen LogP contribution is 2.17. The zero-order chi connectivity index (χ0) is 15.1. The summed E-state index contributed by atoms with van der Waals surface area (Å²) in [6.45, 7) is 9.52. The lowest BCUT2D eigenvalue weighted by molar-refractivity contribution is 0.173. The SMILES string of the molecule is CCCc1cc(N2CCN(C(CC)CCN)CC2)ncn1. The van der Waals surface area contributed by atoms with Crippen LogP contribution in [0.3, 0.4) is 0 Å². The molecule has 0 aliphatic carbocycles. The first kappa shape index (κ1) is 16.2. The lowest BCUT2D eigenvalue weighted by Gasteiger charge is -2.39. The fourth-order valence-electron chi connectivity index (χ4n) is 3.10. The van der Waals surface area contributed by atoms with Crippen LogP contribution in [0.4, 0.5) is 5.82 Å². The fourth-order valence-corrected chi connectivity index (χ4v) is 3.10. The van der Waals surface area contributed by atoms with Crippen LogP contribution in [0, 0.1) is 0 Å². The topological polar surface area (TPSA) is 58.3 Å². The fraction of sp³-hybridized carbons (Fsp3) is 0.750. The number of nitrogens with zero attached hydrogens (tertiary/aromatic N) is 4. The molecule has 1 aromatic heterocycles. The predicted octanol–water partition coefficient (Wildman–Crippen LogP) is 1.68. The lowest BCUT2D eigenvalue weighted by atomic mass is 10.1. The van der Waals surface area contributed by atoms with Crippen molar-refractivity contribution in [2.45, 2.75) is 45.6 Å². The summed E-state index contributed by atoms with van der Waals surface area (Å²) in [5.41, 5.74) is 6.87. The molecule has 2 N–H and O–H groups in total. The van der Waals surface area contributed by atoms with Crippen molar-refractivity contribution in [1.82, 2.24) is 14.9 Å². The van der Waals surface area contributed by atoms with E-state index in [4.69, 9.17) is 5.73 Å². The third-order valence-electron chi connectivity index (χ3n) is 4.34. The highest BCUT2D eigenvalue weighted by molar-refractivity contribution is 5.39. The second-order valence-electron chi connectivity index (χ2n) is 5.78. The third-order valence-corrected chi connectivity index (χ3v) is 4.34. The molecule has 21 heavy (non-hydrogen) atoms. The largest absolute Gasteiger partial charge is 0.354 e. The van der Waals surface area contributed by atoms with E-state index >= 15 is 0 Å². The van der Waals surface area contributed by atoms with Gasteiger partial charge in [-0.15, -0.1) is 0 Å². The molecule has 0 spiro atoms. The smallest absolute Gasteiger partial charge is 0.132 e. The Morgan fingerprint density at radius 1 is 1.19 bits per heavy atom. The Bertz CT molecular complexity index is 415. The maximum atomic E-state index is 5.72. The van der Waals surface area contributed by atoms with Gasteiger partial charge >= 0.3 is 0 Å². The summed E-state index contributed by atoms with van der Waals surface area (Å²) in [5.74, 6) is 1.08. The van der Waals surface area contributed by atoms with Crippen molar-refractivity contribution >= 4 is 5.82 Å². The van der Waals surface area contributed by atoms with E-state index < -0.39 is 0 Å². The van der Waals surface area contributed by atoms with Gasteiger partial charge in [-0.3, -0.25) is 4.90 Å². The summed E-state index contributed by atoms with van der Waals surface area (Å²) in [5, 5.41) is 0.